The van der Waals surface area contributed by atoms with Crippen LogP contribution in [0.5, 0.6) is 5.75 Å². The van der Waals surface area contributed by atoms with E-state index >= 15 is 0 Å². The fourth-order valence-electron chi connectivity index (χ4n) is 4.44. The molecule has 0 N–H and O–H groups in total. The Hall–Kier alpha value is -2.60. The van der Waals surface area contributed by atoms with Crippen LogP contribution in [0.3, 0.4) is 0 Å². The number of hydrogen-bond donors (Lipinski definition) is 0. The van der Waals surface area contributed by atoms with E-state index in [0.29, 0.717) is 13.2 Å². The summed E-state index contributed by atoms with van der Waals surface area (Å²) in [6.45, 7) is 11.9. The van der Waals surface area contributed by atoms with Gasteiger partial charge in [-0.1, -0.05) is 32.8 Å². The van der Waals surface area contributed by atoms with Crippen molar-refractivity contribution in [3.05, 3.63) is 40.7 Å². The van der Waals surface area contributed by atoms with E-state index in [9.17, 15) is 0 Å². The summed E-state index contributed by atoms with van der Waals surface area (Å²) >= 11 is 0. The lowest BCUT2D eigenvalue weighted by molar-refractivity contribution is 0.133. The summed E-state index contributed by atoms with van der Waals surface area (Å²) in [5.41, 5.74) is 7.57. The van der Waals surface area contributed by atoms with Gasteiger partial charge in [0.25, 0.3) is 0 Å². The predicted octanol–water partition coefficient (Wildman–Crippen LogP) is 5.46. The second-order valence-electron chi connectivity index (χ2n) is 8.42. The van der Waals surface area contributed by atoms with Gasteiger partial charge in [-0.15, -0.1) is 0 Å². The molecule has 1 aliphatic rings. The number of hydrogen-bond acceptors (Lipinski definition) is 5. The largest absolute Gasteiger partial charge is 0.497 e. The normalized spacial score (nSPS) is 13.1. The van der Waals surface area contributed by atoms with Crippen molar-refractivity contribution in [2.24, 2.45) is 0 Å². The molecule has 0 spiro atoms. The minimum atomic E-state index is 0.569. The van der Waals surface area contributed by atoms with Crippen LogP contribution in [-0.4, -0.2) is 34.8 Å². The van der Waals surface area contributed by atoms with Crippen LogP contribution in [0, 0.1) is 13.8 Å². The highest BCUT2D eigenvalue weighted by molar-refractivity contribution is 5.83. The smallest absolute Gasteiger partial charge is 0.165 e. The number of rotatable bonds is 9. The average Bonchev–Trinajstić information content (AvgIpc) is 3.36. The van der Waals surface area contributed by atoms with Crippen molar-refractivity contribution in [3.63, 3.8) is 0 Å². The lowest BCUT2D eigenvalue weighted by Gasteiger charge is -2.27. The Labute approximate surface area is 185 Å². The molecule has 0 amide bonds. The first kappa shape index (κ1) is 21.6. The number of aromatic nitrogens is 3. The van der Waals surface area contributed by atoms with Gasteiger partial charge in [-0.3, -0.25) is 0 Å². The highest BCUT2D eigenvalue weighted by Gasteiger charge is 2.27. The van der Waals surface area contributed by atoms with E-state index in [1.165, 1.54) is 24.2 Å². The van der Waals surface area contributed by atoms with E-state index in [2.05, 4.69) is 49.2 Å². The number of anilines is 1. The minimum absolute atomic E-state index is 0.569. The standard InChI is InChI=1S/C25H34N4O2/c1-6-8-12-28(13-9-7-2)25-21-15-31-16-22(21)26-24-23(18(4)27-29(24)25)20-11-10-19(30-5)14-17(20)3/h10-11,14H,6-9,12-13,15-16H2,1-5H3. The molecule has 3 aromatic rings. The van der Waals surface area contributed by atoms with Crippen molar-refractivity contribution < 1.29 is 9.47 Å². The van der Waals surface area contributed by atoms with Gasteiger partial charge in [0, 0.05) is 24.2 Å². The molecule has 1 aromatic carbocycles. The maximum absolute atomic E-state index is 5.84. The zero-order valence-electron chi connectivity index (χ0n) is 19.5. The molecular weight excluding hydrogens is 388 g/mol. The summed E-state index contributed by atoms with van der Waals surface area (Å²) in [4.78, 5) is 7.56. The first-order chi connectivity index (χ1) is 15.1. The van der Waals surface area contributed by atoms with Crippen LogP contribution in [0.25, 0.3) is 16.8 Å². The van der Waals surface area contributed by atoms with Crippen LogP contribution in [-0.2, 0) is 18.0 Å². The molecule has 0 saturated carbocycles. The van der Waals surface area contributed by atoms with Crippen molar-refractivity contribution >= 4 is 11.5 Å². The molecule has 6 nitrogen and oxygen atoms in total. The maximum atomic E-state index is 5.84. The van der Waals surface area contributed by atoms with Crippen LogP contribution in [0.15, 0.2) is 18.2 Å². The minimum Gasteiger partial charge on any atom is -0.497 e. The summed E-state index contributed by atoms with van der Waals surface area (Å²) in [7, 11) is 1.70. The van der Waals surface area contributed by atoms with Gasteiger partial charge in [0.1, 0.15) is 11.6 Å². The summed E-state index contributed by atoms with van der Waals surface area (Å²) < 4.78 is 13.3. The lowest BCUT2D eigenvalue weighted by Crippen LogP contribution is -2.29. The zero-order valence-corrected chi connectivity index (χ0v) is 19.5. The van der Waals surface area contributed by atoms with E-state index in [-0.39, 0.29) is 0 Å². The van der Waals surface area contributed by atoms with E-state index in [0.717, 1.165) is 65.4 Å². The van der Waals surface area contributed by atoms with E-state index in [1.807, 2.05) is 6.07 Å². The second-order valence-corrected chi connectivity index (χ2v) is 8.42. The molecular formula is C25H34N4O2. The Morgan fingerprint density at radius 2 is 1.84 bits per heavy atom. The molecule has 166 valence electrons. The average molecular weight is 423 g/mol. The van der Waals surface area contributed by atoms with Crippen LogP contribution in [0.4, 0.5) is 5.82 Å². The molecule has 0 radical (unpaired) electrons. The Morgan fingerprint density at radius 3 is 2.48 bits per heavy atom. The molecule has 0 fully saturated rings. The molecule has 0 bridgehead atoms. The van der Waals surface area contributed by atoms with Gasteiger partial charge in [0.15, 0.2) is 5.65 Å². The molecule has 0 saturated heterocycles. The fraction of sp³-hybridized carbons (Fsp3) is 0.520. The molecule has 0 aliphatic carbocycles. The third kappa shape index (κ3) is 4.01. The summed E-state index contributed by atoms with van der Waals surface area (Å²) in [5, 5.41) is 5.01. The SMILES string of the molecule is CCCCN(CCCC)c1c2c(nc3c(-c4ccc(OC)cc4C)c(C)nn13)COC2. The van der Waals surface area contributed by atoms with Crippen molar-refractivity contribution in [2.45, 2.75) is 66.6 Å². The number of benzene rings is 1. The number of unbranched alkanes of at least 4 members (excludes halogenated alkanes) is 2. The molecule has 4 rings (SSSR count). The maximum Gasteiger partial charge on any atom is 0.165 e. The second kappa shape index (κ2) is 9.27. The molecule has 0 unspecified atom stereocenters. The third-order valence-corrected chi connectivity index (χ3v) is 6.15. The molecule has 6 heteroatoms. The first-order valence-electron chi connectivity index (χ1n) is 11.5. The van der Waals surface area contributed by atoms with Crippen molar-refractivity contribution in [2.75, 3.05) is 25.1 Å². The van der Waals surface area contributed by atoms with Gasteiger partial charge in [-0.25, -0.2) is 4.98 Å². The highest BCUT2D eigenvalue weighted by atomic mass is 16.5. The van der Waals surface area contributed by atoms with Crippen molar-refractivity contribution in [1.82, 2.24) is 14.6 Å². The monoisotopic (exact) mass is 422 g/mol. The van der Waals surface area contributed by atoms with Crippen LogP contribution in [0.1, 0.15) is 62.0 Å². The number of aryl methyl sites for hydroxylation is 2. The predicted molar refractivity (Wildman–Crippen MR) is 125 cm³/mol. The Kier molecular flexibility index (Phi) is 6.46. The number of ether oxygens (including phenoxy) is 2. The third-order valence-electron chi connectivity index (χ3n) is 6.15. The van der Waals surface area contributed by atoms with Crippen LogP contribution >= 0.6 is 0 Å². The summed E-state index contributed by atoms with van der Waals surface area (Å²) in [6, 6.07) is 6.21. The number of nitrogens with zero attached hydrogens (tertiary/aromatic N) is 4. The zero-order chi connectivity index (χ0) is 22.0. The lowest BCUT2D eigenvalue weighted by atomic mass is 10.0. The van der Waals surface area contributed by atoms with Crippen molar-refractivity contribution in [3.8, 4) is 16.9 Å². The molecule has 0 atom stereocenters. The van der Waals surface area contributed by atoms with Gasteiger partial charge < -0.3 is 14.4 Å². The van der Waals surface area contributed by atoms with Gasteiger partial charge in [0.05, 0.1) is 31.7 Å². The van der Waals surface area contributed by atoms with Crippen molar-refractivity contribution in [1.29, 1.82) is 0 Å². The molecule has 31 heavy (non-hydrogen) atoms. The van der Waals surface area contributed by atoms with Gasteiger partial charge in [0.2, 0.25) is 0 Å². The fourth-order valence-corrected chi connectivity index (χ4v) is 4.44. The summed E-state index contributed by atoms with van der Waals surface area (Å²) in [6.07, 6.45) is 4.66. The number of methoxy groups -OCH3 is 1. The quantitative estimate of drug-likeness (QED) is 0.458. The van der Waals surface area contributed by atoms with Crippen LogP contribution < -0.4 is 9.64 Å². The van der Waals surface area contributed by atoms with E-state index in [1.54, 1.807) is 7.11 Å². The molecule has 1 aliphatic heterocycles. The van der Waals surface area contributed by atoms with Crippen LogP contribution in [0.2, 0.25) is 0 Å². The van der Waals surface area contributed by atoms with Gasteiger partial charge in [-0.2, -0.15) is 9.61 Å². The summed E-state index contributed by atoms with van der Waals surface area (Å²) in [5.74, 6) is 2.03. The Bertz CT molecular complexity index is 1070. The van der Waals surface area contributed by atoms with Gasteiger partial charge in [-0.05, 0) is 49.9 Å². The Morgan fingerprint density at radius 1 is 1.10 bits per heavy atom. The molecule has 3 heterocycles. The first-order valence-corrected chi connectivity index (χ1v) is 11.5. The number of fused-ring (bicyclic) bond motifs is 2. The van der Waals surface area contributed by atoms with Gasteiger partial charge >= 0.3 is 0 Å². The highest BCUT2D eigenvalue weighted by Crippen LogP contribution is 2.37. The Balaban J connectivity index is 1.92. The topological polar surface area (TPSA) is 51.9 Å². The van der Waals surface area contributed by atoms with E-state index < -0.39 is 0 Å². The van der Waals surface area contributed by atoms with E-state index in [4.69, 9.17) is 19.6 Å². The molecule has 2 aromatic heterocycles.